The van der Waals surface area contributed by atoms with Gasteiger partial charge in [-0.2, -0.15) is 5.10 Å². The van der Waals surface area contributed by atoms with Gasteiger partial charge in [0.25, 0.3) is 0 Å². The van der Waals surface area contributed by atoms with Crippen molar-refractivity contribution >= 4 is 33.4 Å². The predicted molar refractivity (Wildman–Crippen MR) is 130 cm³/mol. The molecule has 184 valence electrons. The fraction of sp³-hybridized carbons (Fsp3) is 0.280. The van der Waals surface area contributed by atoms with Crippen molar-refractivity contribution in [2.75, 3.05) is 10.6 Å². The van der Waals surface area contributed by atoms with Crippen molar-refractivity contribution in [2.24, 2.45) is 7.05 Å². The van der Waals surface area contributed by atoms with E-state index in [0.717, 1.165) is 6.26 Å². The van der Waals surface area contributed by atoms with Gasteiger partial charge >= 0.3 is 5.97 Å². The first-order valence-corrected chi connectivity index (χ1v) is 12.7. The van der Waals surface area contributed by atoms with Crippen LogP contribution in [0.3, 0.4) is 0 Å². The van der Waals surface area contributed by atoms with E-state index in [1.807, 2.05) is 0 Å². The molecule has 10 heteroatoms. The van der Waals surface area contributed by atoms with Gasteiger partial charge in [0, 0.05) is 24.6 Å². The van der Waals surface area contributed by atoms with Gasteiger partial charge in [0.2, 0.25) is 21.7 Å². The summed E-state index contributed by atoms with van der Waals surface area (Å²) in [6.45, 7) is 3.25. The minimum absolute atomic E-state index is 0.162. The summed E-state index contributed by atoms with van der Waals surface area (Å²) in [5.74, 6) is -2.00. The molecular weight excluding hydrogens is 470 g/mol. The number of nitrogens with zero attached hydrogens (tertiary/aromatic N) is 3. The van der Waals surface area contributed by atoms with Gasteiger partial charge in [-0.25, -0.2) is 12.7 Å². The van der Waals surface area contributed by atoms with Crippen molar-refractivity contribution in [1.82, 2.24) is 9.78 Å². The van der Waals surface area contributed by atoms with E-state index < -0.39 is 46.6 Å². The number of hydrogen-bond acceptors (Lipinski definition) is 7. The molecule has 0 aliphatic carbocycles. The number of aromatic nitrogens is 2. The lowest BCUT2D eigenvalue weighted by atomic mass is 10.00. The maximum atomic E-state index is 13.1. The minimum Gasteiger partial charge on any atom is -0.449 e. The number of carbonyl (C=O) groups is 3. The minimum atomic E-state index is -3.99. The Kier molecular flexibility index (Phi) is 7.85. The highest BCUT2D eigenvalue weighted by Gasteiger charge is 2.32. The molecule has 0 aliphatic heterocycles. The second kappa shape index (κ2) is 10.6. The van der Waals surface area contributed by atoms with Crippen molar-refractivity contribution in [1.29, 1.82) is 0 Å². The SMILES string of the molecule is Cc1nn(C)c(C)c1N(C(=O)CCC(=O)OC(C(=O)c1ccccc1)c1ccccc1)S(C)(=O)=O. The third-order valence-electron chi connectivity index (χ3n) is 5.42. The number of ether oxygens (including phenoxy) is 1. The van der Waals surface area contributed by atoms with Crippen molar-refractivity contribution in [3.8, 4) is 0 Å². The average Bonchev–Trinajstić information content (AvgIpc) is 3.07. The molecule has 3 aromatic rings. The summed E-state index contributed by atoms with van der Waals surface area (Å²) in [5, 5.41) is 4.17. The fourth-order valence-corrected chi connectivity index (χ4v) is 4.74. The largest absolute Gasteiger partial charge is 0.449 e. The Balaban J connectivity index is 1.78. The van der Waals surface area contributed by atoms with Crippen LogP contribution >= 0.6 is 0 Å². The summed E-state index contributed by atoms with van der Waals surface area (Å²) in [4.78, 5) is 38.7. The van der Waals surface area contributed by atoms with Gasteiger partial charge in [-0.05, 0) is 13.8 Å². The van der Waals surface area contributed by atoms with Crippen LogP contribution in [0.5, 0.6) is 0 Å². The molecule has 0 saturated carbocycles. The van der Waals surface area contributed by atoms with E-state index in [1.54, 1.807) is 81.6 Å². The second-order valence-corrected chi connectivity index (χ2v) is 9.91. The van der Waals surface area contributed by atoms with E-state index in [4.69, 9.17) is 4.74 Å². The molecule has 0 N–H and O–H groups in total. The van der Waals surface area contributed by atoms with Crippen LogP contribution in [0.1, 0.15) is 46.3 Å². The number of rotatable bonds is 9. The van der Waals surface area contributed by atoms with Crippen LogP contribution in [0.4, 0.5) is 5.69 Å². The number of hydrogen-bond donors (Lipinski definition) is 0. The molecule has 0 spiro atoms. The number of amides is 1. The Hall–Kier alpha value is -3.79. The summed E-state index contributed by atoms with van der Waals surface area (Å²) in [5.41, 5.74) is 1.87. The molecule has 0 bridgehead atoms. The molecule has 0 fully saturated rings. The predicted octanol–water partition coefficient (Wildman–Crippen LogP) is 3.28. The molecule has 1 heterocycles. The lowest BCUT2D eigenvalue weighted by Crippen LogP contribution is -2.37. The van der Waals surface area contributed by atoms with Crippen molar-refractivity contribution in [3.05, 3.63) is 83.2 Å². The van der Waals surface area contributed by atoms with Crippen LogP contribution in [-0.2, 0) is 31.4 Å². The zero-order valence-corrected chi connectivity index (χ0v) is 20.8. The number of carbonyl (C=O) groups excluding carboxylic acids is 3. The van der Waals surface area contributed by atoms with Gasteiger partial charge in [-0.1, -0.05) is 60.7 Å². The van der Waals surface area contributed by atoms with E-state index in [0.29, 0.717) is 26.8 Å². The average molecular weight is 498 g/mol. The molecular formula is C25H27N3O6S. The van der Waals surface area contributed by atoms with Gasteiger partial charge < -0.3 is 4.74 Å². The summed E-state index contributed by atoms with van der Waals surface area (Å²) in [7, 11) is -2.35. The van der Waals surface area contributed by atoms with Crippen molar-refractivity contribution in [3.63, 3.8) is 0 Å². The molecule has 3 rings (SSSR count). The third kappa shape index (κ3) is 6.02. The number of Topliss-reactive ketones (excluding diaryl/α,β-unsaturated/α-hetero) is 1. The van der Waals surface area contributed by atoms with Crippen molar-refractivity contribution < 1.29 is 27.5 Å². The molecule has 1 atom stereocenters. The number of esters is 1. The van der Waals surface area contributed by atoms with E-state index in [1.165, 1.54) is 4.68 Å². The summed E-state index contributed by atoms with van der Waals surface area (Å²) >= 11 is 0. The molecule has 2 aromatic carbocycles. The van der Waals surface area contributed by atoms with Crippen LogP contribution in [0.15, 0.2) is 60.7 Å². The first kappa shape index (κ1) is 25.8. The Morgan fingerprint density at radius 1 is 0.971 bits per heavy atom. The topological polar surface area (TPSA) is 116 Å². The normalized spacial score (nSPS) is 12.1. The Bertz CT molecular complexity index is 1330. The van der Waals surface area contributed by atoms with E-state index in [9.17, 15) is 22.8 Å². The summed E-state index contributed by atoms with van der Waals surface area (Å²) in [6, 6.07) is 17.0. The lowest BCUT2D eigenvalue weighted by molar-refractivity contribution is -0.148. The summed E-state index contributed by atoms with van der Waals surface area (Å²) in [6.07, 6.45) is -1.12. The molecule has 1 aromatic heterocycles. The highest BCUT2D eigenvalue weighted by atomic mass is 32.2. The molecule has 9 nitrogen and oxygen atoms in total. The van der Waals surface area contributed by atoms with E-state index in [-0.39, 0.29) is 5.69 Å². The number of benzene rings is 2. The third-order valence-corrected chi connectivity index (χ3v) is 6.47. The number of anilines is 1. The number of sulfonamides is 1. The van der Waals surface area contributed by atoms with Gasteiger partial charge in [0.15, 0.2) is 6.10 Å². The Labute approximate surface area is 204 Å². The molecule has 0 aliphatic rings. The van der Waals surface area contributed by atoms with Crippen LogP contribution in [0.25, 0.3) is 0 Å². The van der Waals surface area contributed by atoms with E-state index in [2.05, 4.69) is 5.10 Å². The Morgan fingerprint density at radius 3 is 2.06 bits per heavy atom. The van der Waals surface area contributed by atoms with Gasteiger partial charge in [-0.15, -0.1) is 0 Å². The van der Waals surface area contributed by atoms with Crippen LogP contribution in [-0.4, -0.2) is 42.1 Å². The van der Waals surface area contributed by atoms with Gasteiger partial charge in [0.05, 0.1) is 24.1 Å². The highest BCUT2D eigenvalue weighted by molar-refractivity contribution is 7.92. The quantitative estimate of drug-likeness (QED) is 0.329. The monoisotopic (exact) mass is 497 g/mol. The first-order chi connectivity index (χ1) is 16.5. The van der Waals surface area contributed by atoms with Gasteiger partial charge in [0.1, 0.15) is 5.69 Å². The standard InChI is InChI=1S/C25H27N3O6S/c1-17-23(18(2)27(3)26-17)28(35(4,32)33)21(29)15-16-22(30)34-25(20-13-9-6-10-14-20)24(31)19-11-7-5-8-12-19/h5-14,25H,15-16H2,1-4H3. The Morgan fingerprint density at radius 2 is 1.54 bits per heavy atom. The van der Waals surface area contributed by atoms with Gasteiger partial charge in [-0.3, -0.25) is 19.1 Å². The lowest BCUT2D eigenvalue weighted by Gasteiger charge is -2.21. The molecule has 0 radical (unpaired) electrons. The fourth-order valence-electron chi connectivity index (χ4n) is 3.69. The molecule has 0 saturated heterocycles. The molecule has 35 heavy (non-hydrogen) atoms. The van der Waals surface area contributed by atoms with E-state index >= 15 is 0 Å². The maximum absolute atomic E-state index is 13.1. The molecule has 1 unspecified atom stereocenters. The second-order valence-electron chi connectivity index (χ2n) is 8.08. The smallest absolute Gasteiger partial charge is 0.307 e. The molecule has 1 amide bonds. The van der Waals surface area contributed by atoms with Crippen molar-refractivity contribution in [2.45, 2.75) is 32.8 Å². The number of ketones is 1. The van der Waals surface area contributed by atoms with Crippen LogP contribution in [0.2, 0.25) is 0 Å². The number of aryl methyl sites for hydroxylation is 2. The zero-order valence-electron chi connectivity index (χ0n) is 20.0. The van der Waals surface area contributed by atoms with Crippen LogP contribution < -0.4 is 4.31 Å². The maximum Gasteiger partial charge on any atom is 0.307 e. The zero-order chi connectivity index (χ0) is 25.8. The first-order valence-electron chi connectivity index (χ1n) is 10.9. The highest BCUT2D eigenvalue weighted by Crippen LogP contribution is 2.28. The van der Waals surface area contributed by atoms with Crippen LogP contribution in [0, 0.1) is 13.8 Å². The summed E-state index contributed by atoms with van der Waals surface area (Å²) < 4.78 is 32.5.